The number of quaternary nitrogens is 2. The first-order valence-electron chi connectivity index (χ1n) is 7.36. The van der Waals surface area contributed by atoms with Crippen LogP contribution in [0.5, 0.6) is 0 Å². The molecule has 0 N–H and O–H groups in total. The number of hydrogen-bond acceptors (Lipinski definition) is 1. The third-order valence-corrected chi connectivity index (χ3v) is 5.86. The van der Waals surface area contributed by atoms with Crippen LogP contribution in [0.2, 0.25) is 0 Å². The first-order chi connectivity index (χ1) is 8.34. The third kappa shape index (κ3) is 6.30. The van der Waals surface area contributed by atoms with Crippen LogP contribution in [0.1, 0.15) is 27.7 Å². The van der Waals surface area contributed by atoms with Gasteiger partial charge in [0.05, 0.1) is 64.9 Å². The van der Waals surface area contributed by atoms with Gasteiger partial charge in [-0.25, -0.2) is 0 Å². The van der Waals surface area contributed by atoms with Crippen molar-refractivity contribution in [3.05, 3.63) is 0 Å². The summed E-state index contributed by atoms with van der Waals surface area (Å²) in [6, 6.07) is 0. The fraction of sp³-hybridized carbons (Fsp3) is 1.00. The van der Waals surface area contributed by atoms with Crippen molar-refractivity contribution in [2.75, 3.05) is 64.9 Å². The summed E-state index contributed by atoms with van der Waals surface area (Å²) in [7, 11) is 3.77. The molecule has 0 rings (SSSR count). The Morgan fingerprint density at radius 1 is 0.778 bits per heavy atom. The normalized spacial score (nSPS) is 14.8. The molecule has 0 saturated heterocycles. The van der Waals surface area contributed by atoms with Gasteiger partial charge in [-0.15, -0.1) is 0 Å². The molecule has 110 valence electrons. The molecular weight excluding hydrogens is 244 g/mol. The van der Waals surface area contributed by atoms with Crippen LogP contribution in [0, 0.1) is 0 Å². The van der Waals surface area contributed by atoms with E-state index in [2.05, 4.69) is 41.8 Å². The lowest BCUT2D eigenvalue weighted by molar-refractivity contribution is -0.920. The van der Waals surface area contributed by atoms with E-state index in [0.29, 0.717) is 0 Å². The van der Waals surface area contributed by atoms with E-state index in [1.807, 2.05) is 0 Å². The van der Waals surface area contributed by atoms with Gasteiger partial charge in [0.25, 0.3) is 0 Å². The van der Waals surface area contributed by atoms with Crippen LogP contribution < -0.4 is 0 Å². The molecule has 0 aromatic rings. The Labute approximate surface area is 117 Å². The molecule has 0 bridgehead atoms. The molecule has 0 aliphatic heterocycles. The van der Waals surface area contributed by atoms with Gasteiger partial charge in [-0.05, 0) is 27.7 Å². The molecule has 0 heterocycles. The van der Waals surface area contributed by atoms with Crippen LogP contribution in [0.4, 0.5) is 0 Å². The highest BCUT2D eigenvalue weighted by molar-refractivity contribution is 7.85. The molecule has 0 aliphatic carbocycles. The zero-order valence-corrected chi connectivity index (χ0v) is 14.2. The molecule has 0 aromatic carbocycles. The lowest BCUT2D eigenvalue weighted by atomic mass is 10.3. The monoisotopic (exact) mass is 278 g/mol. The fourth-order valence-electron chi connectivity index (χ4n) is 2.05. The van der Waals surface area contributed by atoms with Crippen LogP contribution in [-0.4, -0.2) is 78.0 Å². The van der Waals surface area contributed by atoms with E-state index in [1.165, 1.54) is 0 Å². The molecule has 1 atom stereocenters. The Balaban J connectivity index is 4.10. The van der Waals surface area contributed by atoms with Crippen molar-refractivity contribution in [1.29, 1.82) is 0 Å². The standard InChI is InChI=1S/C14H34N2OS/c1-7-15(5,6)11-13-18(17)14-12-16(8-2,9-3)10-4/h7-14H2,1-6H3/q+2. The maximum atomic E-state index is 12.1. The highest BCUT2D eigenvalue weighted by atomic mass is 32.2. The van der Waals surface area contributed by atoms with E-state index in [1.54, 1.807) is 0 Å². The molecule has 4 heteroatoms. The predicted molar refractivity (Wildman–Crippen MR) is 82.1 cm³/mol. The third-order valence-electron chi connectivity index (χ3n) is 4.59. The molecule has 0 aromatic heterocycles. The van der Waals surface area contributed by atoms with Crippen molar-refractivity contribution in [3.63, 3.8) is 0 Å². The summed E-state index contributed by atoms with van der Waals surface area (Å²) in [5, 5.41) is 0. The molecule has 0 fully saturated rings. The van der Waals surface area contributed by atoms with Crippen LogP contribution in [0.15, 0.2) is 0 Å². The summed E-state index contributed by atoms with van der Waals surface area (Å²) in [5.41, 5.74) is 0. The van der Waals surface area contributed by atoms with Gasteiger partial charge in [0.1, 0.15) is 0 Å². The Bertz CT molecular complexity index is 242. The van der Waals surface area contributed by atoms with Gasteiger partial charge in [-0.2, -0.15) is 0 Å². The molecule has 18 heavy (non-hydrogen) atoms. The molecule has 0 saturated carbocycles. The second-order valence-corrected chi connectivity index (χ2v) is 7.53. The van der Waals surface area contributed by atoms with Crippen LogP contribution >= 0.6 is 0 Å². The van der Waals surface area contributed by atoms with E-state index in [4.69, 9.17) is 0 Å². The Kier molecular flexibility index (Phi) is 8.31. The average Bonchev–Trinajstić information content (AvgIpc) is 2.39. The second kappa shape index (κ2) is 8.28. The lowest BCUT2D eigenvalue weighted by Crippen LogP contribution is -2.50. The van der Waals surface area contributed by atoms with Crippen molar-refractivity contribution in [2.45, 2.75) is 27.7 Å². The summed E-state index contributed by atoms with van der Waals surface area (Å²) < 4.78 is 14.2. The van der Waals surface area contributed by atoms with Crippen molar-refractivity contribution in [3.8, 4) is 0 Å². The van der Waals surface area contributed by atoms with Gasteiger partial charge in [-0.3, -0.25) is 4.21 Å². The Morgan fingerprint density at radius 3 is 1.61 bits per heavy atom. The average molecular weight is 279 g/mol. The van der Waals surface area contributed by atoms with Crippen molar-refractivity contribution >= 4 is 10.8 Å². The van der Waals surface area contributed by atoms with Gasteiger partial charge in [0.15, 0.2) is 0 Å². The molecule has 0 amide bonds. The smallest absolute Gasteiger partial charge is 0.0903 e. The highest BCUT2D eigenvalue weighted by Gasteiger charge is 2.22. The molecule has 0 radical (unpaired) electrons. The predicted octanol–water partition coefficient (Wildman–Crippen LogP) is 1.71. The van der Waals surface area contributed by atoms with E-state index >= 15 is 0 Å². The summed E-state index contributed by atoms with van der Waals surface area (Å²) in [5.74, 6) is 1.71. The number of hydrogen-bond donors (Lipinski definition) is 0. The van der Waals surface area contributed by atoms with E-state index in [0.717, 1.165) is 59.7 Å². The van der Waals surface area contributed by atoms with Crippen LogP contribution in [0.3, 0.4) is 0 Å². The first-order valence-corrected chi connectivity index (χ1v) is 8.85. The summed E-state index contributed by atoms with van der Waals surface area (Å²) in [4.78, 5) is 0. The molecule has 0 aliphatic rings. The van der Waals surface area contributed by atoms with Gasteiger partial charge < -0.3 is 8.97 Å². The minimum absolute atomic E-state index is 0.651. The van der Waals surface area contributed by atoms with Crippen LogP contribution in [0.25, 0.3) is 0 Å². The van der Waals surface area contributed by atoms with Gasteiger partial charge in [-0.1, -0.05) is 0 Å². The van der Waals surface area contributed by atoms with Gasteiger partial charge in [0.2, 0.25) is 0 Å². The van der Waals surface area contributed by atoms with Gasteiger partial charge in [0, 0.05) is 10.8 Å². The van der Waals surface area contributed by atoms with Crippen molar-refractivity contribution in [2.24, 2.45) is 0 Å². The lowest BCUT2D eigenvalue weighted by Gasteiger charge is -2.35. The number of nitrogens with zero attached hydrogens (tertiary/aromatic N) is 2. The molecule has 1 unspecified atom stereocenters. The van der Waals surface area contributed by atoms with Crippen LogP contribution in [-0.2, 0) is 10.8 Å². The molecular formula is C14H34N2OS+2. The minimum atomic E-state index is -0.651. The molecule has 0 spiro atoms. The Morgan fingerprint density at radius 2 is 1.22 bits per heavy atom. The quantitative estimate of drug-likeness (QED) is 0.556. The largest absolute Gasteiger partial charge is 0.328 e. The van der Waals surface area contributed by atoms with E-state index < -0.39 is 10.8 Å². The van der Waals surface area contributed by atoms with Crippen molar-refractivity contribution < 1.29 is 13.2 Å². The summed E-state index contributed by atoms with van der Waals surface area (Å²) in [6.45, 7) is 15.6. The second-order valence-electron chi connectivity index (χ2n) is 5.84. The van der Waals surface area contributed by atoms with E-state index in [-0.39, 0.29) is 0 Å². The topological polar surface area (TPSA) is 17.1 Å². The SMILES string of the molecule is CC[N+](C)(C)CCS(=O)CC[N+](CC)(CC)CC. The summed E-state index contributed by atoms with van der Waals surface area (Å²) >= 11 is 0. The maximum absolute atomic E-state index is 12.1. The van der Waals surface area contributed by atoms with Crippen molar-refractivity contribution in [1.82, 2.24) is 0 Å². The highest BCUT2D eigenvalue weighted by Crippen LogP contribution is 2.06. The minimum Gasteiger partial charge on any atom is -0.328 e. The van der Waals surface area contributed by atoms with E-state index in [9.17, 15) is 4.21 Å². The summed E-state index contributed by atoms with van der Waals surface area (Å²) in [6.07, 6.45) is 0. The maximum Gasteiger partial charge on any atom is 0.0903 e. The molecule has 3 nitrogen and oxygen atoms in total. The van der Waals surface area contributed by atoms with Gasteiger partial charge >= 0.3 is 0 Å². The zero-order valence-electron chi connectivity index (χ0n) is 13.4. The first kappa shape index (κ1) is 18.1. The zero-order chi connectivity index (χ0) is 14.2. The number of rotatable bonds is 10. The Hall–Kier alpha value is 0.0700. The fourth-order valence-corrected chi connectivity index (χ4v) is 3.54.